The second kappa shape index (κ2) is 8.45. The molecule has 32 heavy (non-hydrogen) atoms. The molecule has 1 unspecified atom stereocenters. The number of nitrogens with zero attached hydrogens (tertiary/aromatic N) is 3. The van der Waals surface area contributed by atoms with Crippen LogP contribution in [0.15, 0.2) is 42.7 Å². The fraction of sp³-hybridized carbons (Fsp3) is 0.333. The van der Waals surface area contributed by atoms with Crippen LogP contribution in [0.1, 0.15) is 57.3 Å². The summed E-state index contributed by atoms with van der Waals surface area (Å²) in [5, 5.41) is 15.6. The number of aromatic nitrogens is 3. The third kappa shape index (κ3) is 4.08. The molecule has 2 aliphatic heterocycles. The van der Waals surface area contributed by atoms with E-state index in [1.165, 1.54) is 5.56 Å². The predicted octanol–water partition coefficient (Wildman–Crippen LogP) is 2.73. The summed E-state index contributed by atoms with van der Waals surface area (Å²) in [6.45, 7) is 1.81. The van der Waals surface area contributed by atoms with Crippen molar-refractivity contribution in [2.24, 2.45) is 0 Å². The molecule has 5 rings (SSSR count). The van der Waals surface area contributed by atoms with Crippen molar-refractivity contribution in [3.63, 3.8) is 0 Å². The molecule has 3 N–H and O–H groups in total. The number of fused-ring (bicyclic) bond motifs is 3. The quantitative estimate of drug-likeness (QED) is 0.573. The third-order valence-electron chi connectivity index (χ3n) is 6.17. The van der Waals surface area contributed by atoms with Gasteiger partial charge < -0.3 is 20.3 Å². The summed E-state index contributed by atoms with van der Waals surface area (Å²) in [4.78, 5) is 33.3. The van der Waals surface area contributed by atoms with Crippen molar-refractivity contribution in [3.05, 3.63) is 76.5 Å². The first-order valence-corrected chi connectivity index (χ1v) is 10.9. The van der Waals surface area contributed by atoms with E-state index in [1.807, 2.05) is 28.8 Å². The number of benzene rings is 1. The number of carbonyl (C=O) groups is 2. The number of aliphatic carboxylic acids is 1. The Morgan fingerprint density at radius 3 is 3.00 bits per heavy atom. The van der Waals surface area contributed by atoms with Crippen LogP contribution in [0.5, 0.6) is 0 Å². The Bertz CT molecular complexity index is 1190. The number of anilines is 1. The Labute approximate surface area is 185 Å². The van der Waals surface area contributed by atoms with Crippen LogP contribution in [0.4, 0.5) is 5.82 Å². The van der Waals surface area contributed by atoms with Gasteiger partial charge in [-0.05, 0) is 41.2 Å². The third-order valence-corrected chi connectivity index (χ3v) is 6.17. The number of amides is 1. The highest BCUT2D eigenvalue weighted by Crippen LogP contribution is 2.31. The van der Waals surface area contributed by atoms with E-state index in [-0.39, 0.29) is 18.2 Å². The number of hydrogen-bond donors (Lipinski definition) is 3. The maximum atomic E-state index is 12.8. The van der Waals surface area contributed by atoms with Gasteiger partial charge in [-0.1, -0.05) is 24.3 Å². The van der Waals surface area contributed by atoms with Gasteiger partial charge in [0.25, 0.3) is 5.91 Å². The van der Waals surface area contributed by atoms with Crippen molar-refractivity contribution in [2.45, 2.75) is 44.7 Å². The van der Waals surface area contributed by atoms with Gasteiger partial charge in [0.1, 0.15) is 17.3 Å². The van der Waals surface area contributed by atoms with Crippen LogP contribution in [0.25, 0.3) is 0 Å². The maximum absolute atomic E-state index is 12.8. The zero-order valence-electron chi connectivity index (χ0n) is 17.7. The smallest absolute Gasteiger partial charge is 0.304 e. The Morgan fingerprint density at radius 1 is 1.25 bits per heavy atom. The minimum absolute atomic E-state index is 0.0380. The molecule has 4 heterocycles. The highest BCUT2D eigenvalue weighted by molar-refractivity contribution is 5.92. The van der Waals surface area contributed by atoms with E-state index < -0.39 is 5.97 Å². The van der Waals surface area contributed by atoms with Crippen LogP contribution in [-0.4, -0.2) is 38.1 Å². The lowest BCUT2D eigenvalue weighted by Crippen LogP contribution is -2.24. The molecule has 0 radical (unpaired) electrons. The maximum Gasteiger partial charge on any atom is 0.304 e. The van der Waals surface area contributed by atoms with Crippen molar-refractivity contribution in [3.8, 4) is 0 Å². The average molecular weight is 431 g/mol. The van der Waals surface area contributed by atoms with Gasteiger partial charge in [0.15, 0.2) is 0 Å². The molecular formula is C24H25N5O3. The summed E-state index contributed by atoms with van der Waals surface area (Å²) in [5.41, 5.74) is 4.59. The molecule has 0 saturated heterocycles. The molecule has 2 aliphatic rings. The Hall–Kier alpha value is -3.68. The number of carbonyl (C=O) groups excluding carboxylic acids is 1. The van der Waals surface area contributed by atoms with Gasteiger partial charge in [0.2, 0.25) is 0 Å². The second-order valence-corrected chi connectivity index (χ2v) is 8.43. The predicted molar refractivity (Wildman–Crippen MR) is 119 cm³/mol. The monoisotopic (exact) mass is 431 g/mol. The molecule has 0 spiro atoms. The van der Waals surface area contributed by atoms with E-state index in [0.717, 1.165) is 47.7 Å². The van der Waals surface area contributed by atoms with E-state index in [4.69, 9.17) is 0 Å². The van der Waals surface area contributed by atoms with Crippen molar-refractivity contribution in [1.29, 1.82) is 0 Å². The highest BCUT2D eigenvalue weighted by Gasteiger charge is 2.26. The SMILES string of the molecule is O=C(O)CC1Cn2cc(C(=O)NCc3cnc4c(c3)CCCN4)nc2Cc2ccccc21. The molecule has 2 aromatic heterocycles. The lowest BCUT2D eigenvalue weighted by molar-refractivity contribution is -0.137. The van der Waals surface area contributed by atoms with Crippen molar-refractivity contribution in [1.82, 2.24) is 19.9 Å². The van der Waals surface area contributed by atoms with E-state index in [1.54, 1.807) is 12.4 Å². The molecule has 0 saturated carbocycles. The zero-order valence-corrected chi connectivity index (χ0v) is 17.7. The van der Waals surface area contributed by atoms with Crippen LogP contribution in [-0.2, 0) is 30.7 Å². The molecule has 0 bridgehead atoms. The first kappa shape index (κ1) is 20.2. The lowest BCUT2D eigenvalue weighted by Gasteiger charge is -2.17. The van der Waals surface area contributed by atoms with Gasteiger partial charge in [0.05, 0.1) is 6.42 Å². The first-order chi connectivity index (χ1) is 15.6. The normalized spacial score (nSPS) is 16.7. The van der Waals surface area contributed by atoms with Crippen LogP contribution < -0.4 is 10.6 Å². The number of imidazole rings is 1. The molecule has 1 amide bonds. The standard InChI is InChI=1S/C24H25N5O3/c30-22(31)10-18-13-29-14-20(28-21(29)9-16-4-1-2-6-19(16)18)24(32)27-12-15-8-17-5-3-7-25-23(17)26-11-15/h1-2,4,6,8,11,14,18H,3,5,7,9-10,12-13H2,(H,25,26)(H,27,32)(H,30,31). The molecule has 8 nitrogen and oxygen atoms in total. The Balaban J connectivity index is 1.32. The van der Waals surface area contributed by atoms with Crippen LogP contribution in [0.2, 0.25) is 0 Å². The van der Waals surface area contributed by atoms with Crippen molar-refractivity contribution >= 4 is 17.7 Å². The summed E-state index contributed by atoms with van der Waals surface area (Å²) in [5.74, 6) is 0.465. The summed E-state index contributed by atoms with van der Waals surface area (Å²) in [6.07, 6.45) is 6.20. The van der Waals surface area contributed by atoms with E-state index in [2.05, 4.69) is 26.7 Å². The largest absolute Gasteiger partial charge is 0.481 e. The molecule has 8 heteroatoms. The Morgan fingerprint density at radius 2 is 2.12 bits per heavy atom. The topological polar surface area (TPSA) is 109 Å². The first-order valence-electron chi connectivity index (χ1n) is 10.9. The van der Waals surface area contributed by atoms with E-state index in [0.29, 0.717) is 25.2 Å². The molecule has 164 valence electrons. The van der Waals surface area contributed by atoms with Crippen LogP contribution in [0, 0.1) is 0 Å². The van der Waals surface area contributed by atoms with Crippen molar-refractivity contribution < 1.29 is 14.7 Å². The molecular weight excluding hydrogens is 406 g/mol. The molecule has 3 aromatic rings. The van der Waals surface area contributed by atoms with Gasteiger partial charge in [-0.25, -0.2) is 9.97 Å². The number of rotatable bonds is 5. The number of nitrogens with one attached hydrogen (secondary N) is 2. The molecule has 0 aliphatic carbocycles. The number of pyridine rings is 1. The molecule has 0 fully saturated rings. The van der Waals surface area contributed by atoms with Crippen LogP contribution >= 0.6 is 0 Å². The molecule has 1 atom stereocenters. The number of hydrogen-bond acceptors (Lipinski definition) is 5. The summed E-state index contributed by atoms with van der Waals surface area (Å²) in [6, 6.07) is 9.97. The van der Waals surface area contributed by atoms with Gasteiger partial charge in [-0.3, -0.25) is 9.59 Å². The summed E-state index contributed by atoms with van der Waals surface area (Å²) >= 11 is 0. The van der Waals surface area contributed by atoms with Gasteiger partial charge in [-0.15, -0.1) is 0 Å². The second-order valence-electron chi connectivity index (χ2n) is 8.43. The fourth-order valence-electron chi connectivity index (χ4n) is 4.61. The number of carboxylic acid groups (broad SMARTS) is 1. The van der Waals surface area contributed by atoms with Gasteiger partial charge in [0, 0.05) is 44.4 Å². The van der Waals surface area contributed by atoms with Gasteiger partial charge >= 0.3 is 5.97 Å². The van der Waals surface area contributed by atoms with Crippen molar-refractivity contribution in [2.75, 3.05) is 11.9 Å². The molecule has 1 aromatic carbocycles. The fourth-order valence-corrected chi connectivity index (χ4v) is 4.61. The number of aryl methyl sites for hydroxylation is 1. The minimum atomic E-state index is -0.833. The highest BCUT2D eigenvalue weighted by atomic mass is 16.4. The van der Waals surface area contributed by atoms with Crippen LogP contribution in [0.3, 0.4) is 0 Å². The van der Waals surface area contributed by atoms with E-state index >= 15 is 0 Å². The summed E-state index contributed by atoms with van der Waals surface area (Å²) < 4.78 is 1.93. The average Bonchev–Trinajstić information content (AvgIpc) is 3.13. The van der Waals surface area contributed by atoms with Gasteiger partial charge in [-0.2, -0.15) is 0 Å². The lowest BCUT2D eigenvalue weighted by atomic mass is 9.91. The zero-order chi connectivity index (χ0) is 22.1. The number of carboxylic acids is 1. The minimum Gasteiger partial charge on any atom is -0.481 e. The Kier molecular flexibility index (Phi) is 5.34. The van der Waals surface area contributed by atoms with E-state index in [9.17, 15) is 14.7 Å². The summed E-state index contributed by atoms with van der Waals surface area (Å²) in [7, 11) is 0.